The van der Waals surface area contributed by atoms with Crippen molar-refractivity contribution in [3.05, 3.63) is 28.2 Å². The van der Waals surface area contributed by atoms with Gasteiger partial charge in [0.25, 0.3) is 0 Å². The molecule has 0 bridgehead atoms. The van der Waals surface area contributed by atoms with Crippen LogP contribution in [0.2, 0.25) is 0 Å². The number of aromatic carboxylic acids is 1. The lowest BCUT2D eigenvalue weighted by molar-refractivity contribution is -0.119. The predicted molar refractivity (Wildman–Crippen MR) is 71.9 cm³/mol. The maximum Gasteiger partial charge on any atom is 0.337 e. The normalized spacial score (nSPS) is 11.5. The third-order valence-corrected chi connectivity index (χ3v) is 2.92. The van der Waals surface area contributed by atoms with E-state index in [0.29, 0.717) is 4.47 Å². The molecule has 0 fully saturated rings. The van der Waals surface area contributed by atoms with Gasteiger partial charge in [0.15, 0.2) is 0 Å². The van der Waals surface area contributed by atoms with Crippen LogP contribution < -0.4 is 16.4 Å². The molecular formula is C11H12BrN3O4. The van der Waals surface area contributed by atoms with Crippen LogP contribution in [0.3, 0.4) is 0 Å². The molecule has 0 aliphatic rings. The van der Waals surface area contributed by atoms with E-state index in [4.69, 9.17) is 10.8 Å². The Hall–Kier alpha value is -2.09. The van der Waals surface area contributed by atoms with E-state index in [1.54, 1.807) is 6.07 Å². The molecule has 1 unspecified atom stereocenters. The number of carboxylic acids is 1. The lowest BCUT2D eigenvalue weighted by Crippen LogP contribution is -2.44. The summed E-state index contributed by atoms with van der Waals surface area (Å²) in [6.45, 7) is 1.42. The molecule has 8 heteroatoms. The molecule has 0 saturated carbocycles. The summed E-state index contributed by atoms with van der Waals surface area (Å²) in [5.74, 6) is -1.87. The second-order valence-corrected chi connectivity index (χ2v) is 4.54. The van der Waals surface area contributed by atoms with Gasteiger partial charge in [0.05, 0.1) is 11.3 Å². The molecule has 0 saturated heterocycles. The van der Waals surface area contributed by atoms with E-state index in [9.17, 15) is 14.4 Å². The van der Waals surface area contributed by atoms with Crippen molar-refractivity contribution in [2.24, 2.45) is 5.73 Å². The van der Waals surface area contributed by atoms with Gasteiger partial charge in [-0.25, -0.2) is 9.59 Å². The van der Waals surface area contributed by atoms with Gasteiger partial charge in [0, 0.05) is 4.47 Å². The Balaban J connectivity index is 2.90. The number of para-hydroxylation sites is 1. The molecule has 1 atom stereocenters. The SMILES string of the molecule is CC(NC(=O)Nc1c(Br)cccc1C(=O)O)C(N)=O. The van der Waals surface area contributed by atoms with Crippen LogP contribution >= 0.6 is 15.9 Å². The molecular weight excluding hydrogens is 318 g/mol. The number of anilines is 1. The fourth-order valence-electron chi connectivity index (χ4n) is 1.25. The van der Waals surface area contributed by atoms with Gasteiger partial charge in [-0.05, 0) is 35.0 Å². The minimum absolute atomic E-state index is 0.0729. The molecule has 5 N–H and O–H groups in total. The number of carbonyl (C=O) groups excluding carboxylic acids is 2. The van der Waals surface area contributed by atoms with Crippen LogP contribution in [-0.4, -0.2) is 29.1 Å². The second-order valence-electron chi connectivity index (χ2n) is 3.69. The van der Waals surface area contributed by atoms with Gasteiger partial charge < -0.3 is 21.5 Å². The summed E-state index contributed by atoms with van der Waals surface area (Å²) in [5, 5.41) is 13.6. The van der Waals surface area contributed by atoms with Gasteiger partial charge in [-0.2, -0.15) is 0 Å². The first kappa shape index (κ1) is 15.0. The summed E-state index contributed by atoms with van der Waals surface area (Å²) in [4.78, 5) is 33.4. The van der Waals surface area contributed by atoms with Gasteiger partial charge >= 0.3 is 12.0 Å². The van der Waals surface area contributed by atoms with Gasteiger partial charge in [-0.1, -0.05) is 6.07 Å². The van der Waals surface area contributed by atoms with E-state index in [2.05, 4.69) is 26.6 Å². The Morgan fingerprint density at radius 3 is 2.53 bits per heavy atom. The largest absolute Gasteiger partial charge is 0.478 e. The maximum absolute atomic E-state index is 11.6. The summed E-state index contributed by atoms with van der Waals surface area (Å²) in [6, 6.07) is 2.87. The third kappa shape index (κ3) is 3.95. The first-order valence-electron chi connectivity index (χ1n) is 5.21. The van der Waals surface area contributed by atoms with E-state index < -0.39 is 23.9 Å². The molecule has 1 rings (SSSR count). The molecule has 102 valence electrons. The summed E-state index contributed by atoms with van der Waals surface area (Å²) in [7, 11) is 0. The molecule has 3 amide bonds. The molecule has 1 aromatic rings. The van der Waals surface area contributed by atoms with Crippen molar-refractivity contribution in [1.82, 2.24) is 5.32 Å². The van der Waals surface area contributed by atoms with E-state index in [1.165, 1.54) is 19.1 Å². The molecule has 19 heavy (non-hydrogen) atoms. The number of urea groups is 1. The number of benzene rings is 1. The Morgan fingerprint density at radius 2 is 2.00 bits per heavy atom. The van der Waals surface area contributed by atoms with Gasteiger partial charge in [-0.15, -0.1) is 0 Å². The van der Waals surface area contributed by atoms with Crippen LogP contribution in [0.4, 0.5) is 10.5 Å². The molecule has 0 radical (unpaired) electrons. The summed E-state index contributed by atoms with van der Waals surface area (Å²) < 4.78 is 0.411. The molecule has 0 aliphatic carbocycles. The highest BCUT2D eigenvalue weighted by Gasteiger charge is 2.17. The van der Waals surface area contributed by atoms with Crippen LogP contribution in [0.15, 0.2) is 22.7 Å². The van der Waals surface area contributed by atoms with Gasteiger partial charge in [0.1, 0.15) is 6.04 Å². The van der Waals surface area contributed by atoms with Crippen LogP contribution in [0.5, 0.6) is 0 Å². The fraction of sp³-hybridized carbons (Fsp3) is 0.182. The minimum Gasteiger partial charge on any atom is -0.478 e. The van der Waals surface area contributed by atoms with Crippen molar-refractivity contribution < 1.29 is 19.5 Å². The van der Waals surface area contributed by atoms with Crippen LogP contribution in [0, 0.1) is 0 Å². The molecule has 7 nitrogen and oxygen atoms in total. The van der Waals surface area contributed by atoms with Crippen LogP contribution in [-0.2, 0) is 4.79 Å². The van der Waals surface area contributed by atoms with Crippen molar-refractivity contribution >= 4 is 39.5 Å². The number of carboxylic acid groups (broad SMARTS) is 1. The smallest absolute Gasteiger partial charge is 0.337 e. The fourth-order valence-corrected chi connectivity index (χ4v) is 1.71. The average Bonchev–Trinajstić information content (AvgIpc) is 2.31. The van der Waals surface area contributed by atoms with Crippen molar-refractivity contribution in [2.75, 3.05) is 5.32 Å². The van der Waals surface area contributed by atoms with Gasteiger partial charge in [-0.3, -0.25) is 4.79 Å². The zero-order chi connectivity index (χ0) is 14.6. The van der Waals surface area contributed by atoms with E-state index >= 15 is 0 Å². The summed E-state index contributed by atoms with van der Waals surface area (Å²) in [6.07, 6.45) is 0. The van der Waals surface area contributed by atoms with E-state index in [-0.39, 0.29) is 11.3 Å². The lowest BCUT2D eigenvalue weighted by Gasteiger charge is -2.14. The number of hydrogen-bond acceptors (Lipinski definition) is 3. The van der Waals surface area contributed by atoms with Crippen LogP contribution in [0.25, 0.3) is 0 Å². The number of hydrogen-bond donors (Lipinski definition) is 4. The number of halogens is 1. The number of nitrogens with one attached hydrogen (secondary N) is 2. The van der Waals surface area contributed by atoms with E-state index in [1.807, 2.05) is 0 Å². The Labute approximate surface area is 117 Å². The number of rotatable bonds is 4. The number of carbonyl (C=O) groups is 3. The van der Waals surface area contributed by atoms with Gasteiger partial charge in [0.2, 0.25) is 5.91 Å². The molecule has 0 heterocycles. The highest BCUT2D eigenvalue weighted by atomic mass is 79.9. The lowest BCUT2D eigenvalue weighted by atomic mass is 10.2. The molecule has 0 aliphatic heterocycles. The summed E-state index contributed by atoms with van der Waals surface area (Å²) in [5.41, 5.74) is 5.03. The van der Waals surface area contributed by atoms with Crippen molar-refractivity contribution in [2.45, 2.75) is 13.0 Å². The quantitative estimate of drug-likeness (QED) is 0.661. The zero-order valence-corrected chi connectivity index (χ0v) is 11.5. The van der Waals surface area contributed by atoms with E-state index in [0.717, 1.165) is 0 Å². The Morgan fingerprint density at radius 1 is 1.37 bits per heavy atom. The van der Waals surface area contributed by atoms with Crippen molar-refractivity contribution in [3.8, 4) is 0 Å². The number of amides is 3. The predicted octanol–water partition coefficient (Wildman–Crippen LogP) is 1.14. The summed E-state index contributed by atoms with van der Waals surface area (Å²) >= 11 is 3.14. The monoisotopic (exact) mass is 329 g/mol. The first-order valence-corrected chi connectivity index (χ1v) is 6.01. The highest BCUT2D eigenvalue weighted by Crippen LogP contribution is 2.26. The maximum atomic E-state index is 11.6. The Bertz CT molecular complexity index is 533. The topological polar surface area (TPSA) is 122 Å². The first-order chi connectivity index (χ1) is 8.82. The van der Waals surface area contributed by atoms with Crippen LogP contribution in [0.1, 0.15) is 17.3 Å². The average molecular weight is 330 g/mol. The number of primary amides is 1. The number of nitrogens with two attached hydrogens (primary N) is 1. The Kier molecular flexibility index (Phi) is 4.87. The standard InChI is InChI=1S/C11H12BrN3O4/c1-5(9(13)16)14-11(19)15-8-6(10(17)18)3-2-4-7(8)12/h2-5H,1H3,(H2,13,16)(H,17,18)(H2,14,15,19). The minimum atomic E-state index is -1.18. The second kappa shape index (κ2) is 6.19. The van der Waals surface area contributed by atoms with Crippen molar-refractivity contribution in [1.29, 1.82) is 0 Å². The third-order valence-electron chi connectivity index (χ3n) is 2.26. The van der Waals surface area contributed by atoms with Crippen molar-refractivity contribution in [3.63, 3.8) is 0 Å². The molecule has 0 spiro atoms. The highest BCUT2D eigenvalue weighted by molar-refractivity contribution is 9.10. The zero-order valence-electron chi connectivity index (χ0n) is 9.94. The molecule has 0 aromatic heterocycles. The molecule has 1 aromatic carbocycles.